The van der Waals surface area contributed by atoms with Gasteiger partial charge in [0.2, 0.25) is 5.91 Å². The van der Waals surface area contributed by atoms with Crippen LogP contribution < -0.4 is 5.32 Å². The molecule has 1 aliphatic rings. The van der Waals surface area contributed by atoms with Gasteiger partial charge in [-0.2, -0.15) is 0 Å². The van der Waals surface area contributed by atoms with Gasteiger partial charge in [-0.3, -0.25) is 9.59 Å². The Morgan fingerprint density at radius 2 is 1.96 bits per heavy atom. The number of carbonyl (C=O) groups is 2. The van der Waals surface area contributed by atoms with Crippen LogP contribution in [0.15, 0.2) is 53.4 Å². The molecule has 0 radical (unpaired) electrons. The van der Waals surface area contributed by atoms with Crippen molar-refractivity contribution in [3.8, 4) is 0 Å². The Labute approximate surface area is 156 Å². The number of rotatable bonds is 4. The molecule has 6 heteroatoms. The van der Waals surface area contributed by atoms with Gasteiger partial charge < -0.3 is 10.2 Å². The third-order valence-corrected chi connectivity index (χ3v) is 5.23. The van der Waals surface area contributed by atoms with Gasteiger partial charge in [0.15, 0.2) is 0 Å². The zero-order valence-electron chi connectivity index (χ0n) is 14.6. The fourth-order valence-electron chi connectivity index (χ4n) is 3.10. The highest BCUT2D eigenvalue weighted by atomic mass is 32.2. The van der Waals surface area contributed by atoms with Gasteiger partial charge in [-0.15, -0.1) is 11.8 Å². The number of anilines is 1. The number of halogens is 1. The summed E-state index contributed by atoms with van der Waals surface area (Å²) in [5.41, 5.74) is 1.21. The second-order valence-electron chi connectivity index (χ2n) is 6.32. The molecular formula is C20H21FN2O2S. The summed E-state index contributed by atoms with van der Waals surface area (Å²) >= 11 is 1.62. The van der Waals surface area contributed by atoms with E-state index in [-0.39, 0.29) is 23.5 Å². The molecule has 0 spiro atoms. The number of benzene rings is 2. The van der Waals surface area contributed by atoms with E-state index < -0.39 is 0 Å². The number of likely N-dealkylation sites (tertiary alicyclic amines) is 1. The number of carbonyl (C=O) groups excluding carboxylic acids is 2. The van der Waals surface area contributed by atoms with E-state index in [0.717, 1.165) is 23.4 Å². The lowest BCUT2D eigenvalue weighted by Gasteiger charge is -2.32. The van der Waals surface area contributed by atoms with E-state index in [0.29, 0.717) is 18.7 Å². The molecule has 1 heterocycles. The van der Waals surface area contributed by atoms with Crippen LogP contribution in [0.3, 0.4) is 0 Å². The van der Waals surface area contributed by atoms with Gasteiger partial charge in [0.1, 0.15) is 5.82 Å². The molecule has 1 atom stereocenters. The third-order valence-electron chi connectivity index (χ3n) is 4.51. The SMILES string of the molecule is CSc1cccc(NC(=O)C2CCCN(C(=O)c3ccc(F)cc3)C2)c1. The Morgan fingerprint density at radius 1 is 1.19 bits per heavy atom. The molecule has 1 unspecified atom stereocenters. The lowest BCUT2D eigenvalue weighted by atomic mass is 9.96. The molecule has 1 aliphatic heterocycles. The molecule has 4 nitrogen and oxygen atoms in total. The monoisotopic (exact) mass is 372 g/mol. The summed E-state index contributed by atoms with van der Waals surface area (Å²) in [4.78, 5) is 28.0. The van der Waals surface area contributed by atoms with Gasteiger partial charge in [0.25, 0.3) is 5.91 Å². The summed E-state index contributed by atoms with van der Waals surface area (Å²) in [7, 11) is 0. The molecule has 0 saturated carbocycles. The molecule has 1 saturated heterocycles. The van der Waals surface area contributed by atoms with E-state index in [1.807, 2.05) is 30.5 Å². The van der Waals surface area contributed by atoms with Crippen LogP contribution >= 0.6 is 11.8 Å². The summed E-state index contributed by atoms with van der Waals surface area (Å²) < 4.78 is 13.0. The van der Waals surface area contributed by atoms with Crippen LogP contribution in [-0.4, -0.2) is 36.1 Å². The smallest absolute Gasteiger partial charge is 0.253 e. The highest BCUT2D eigenvalue weighted by molar-refractivity contribution is 7.98. The molecule has 0 bridgehead atoms. The minimum Gasteiger partial charge on any atom is -0.338 e. The quantitative estimate of drug-likeness (QED) is 0.824. The van der Waals surface area contributed by atoms with Crippen molar-refractivity contribution in [3.63, 3.8) is 0 Å². The number of nitrogens with zero attached hydrogens (tertiary/aromatic N) is 1. The second-order valence-corrected chi connectivity index (χ2v) is 7.20. The summed E-state index contributed by atoms with van der Waals surface area (Å²) in [6.07, 6.45) is 3.51. The van der Waals surface area contributed by atoms with Gasteiger partial charge in [0.05, 0.1) is 5.92 Å². The molecule has 2 amide bonds. The van der Waals surface area contributed by atoms with Gasteiger partial charge in [-0.25, -0.2) is 4.39 Å². The Morgan fingerprint density at radius 3 is 2.69 bits per heavy atom. The van der Waals surface area contributed by atoms with Crippen molar-refractivity contribution in [1.29, 1.82) is 0 Å². The maximum atomic E-state index is 13.0. The average molecular weight is 372 g/mol. The van der Waals surface area contributed by atoms with Gasteiger partial charge in [-0.05, 0) is 61.6 Å². The fraction of sp³-hybridized carbons (Fsp3) is 0.300. The van der Waals surface area contributed by atoms with Gasteiger partial charge in [-0.1, -0.05) is 6.07 Å². The van der Waals surface area contributed by atoms with Gasteiger partial charge in [0, 0.05) is 29.2 Å². The average Bonchev–Trinajstić information content (AvgIpc) is 2.68. The summed E-state index contributed by atoms with van der Waals surface area (Å²) in [5.74, 6) is -0.845. The maximum absolute atomic E-state index is 13.0. The standard InChI is InChI=1S/C20H21FN2O2S/c1-26-18-6-2-5-17(12-18)22-19(24)15-4-3-11-23(13-15)20(25)14-7-9-16(21)10-8-14/h2,5-10,12,15H,3-4,11,13H2,1H3,(H,22,24). The van der Waals surface area contributed by atoms with E-state index in [1.165, 1.54) is 24.3 Å². The topological polar surface area (TPSA) is 49.4 Å². The molecule has 2 aromatic rings. The van der Waals surface area contributed by atoms with E-state index >= 15 is 0 Å². The number of hydrogen-bond donors (Lipinski definition) is 1. The number of nitrogens with one attached hydrogen (secondary N) is 1. The molecule has 1 fully saturated rings. The Kier molecular flexibility index (Phi) is 5.93. The minimum absolute atomic E-state index is 0.0696. The fourth-order valence-corrected chi connectivity index (χ4v) is 3.56. The predicted molar refractivity (Wildman–Crippen MR) is 102 cm³/mol. The van der Waals surface area contributed by atoms with E-state index in [4.69, 9.17) is 0 Å². The van der Waals surface area contributed by atoms with Crippen molar-refractivity contribution < 1.29 is 14.0 Å². The number of piperidine rings is 1. The van der Waals surface area contributed by atoms with E-state index in [2.05, 4.69) is 5.32 Å². The normalized spacial score (nSPS) is 17.0. The van der Waals surface area contributed by atoms with Crippen molar-refractivity contribution in [2.24, 2.45) is 5.92 Å². The minimum atomic E-state index is -0.370. The van der Waals surface area contributed by atoms with Crippen molar-refractivity contribution >= 4 is 29.3 Å². The van der Waals surface area contributed by atoms with E-state index in [1.54, 1.807) is 16.7 Å². The Balaban J connectivity index is 1.64. The molecule has 0 aliphatic carbocycles. The van der Waals surface area contributed by atoms with Crippen LogP contribution in [-0.2, 0) is 4.79 Å². The Hall–Kier alpha value is -2.34. The third kappa shape index (κ3) is 4.43. The van der Waals surface area contributed by atoms with Crippen molar-refractivity contribution in [2.75, 3.05) is 24.7 Å². The lowest BCUT2D eigenvalue weighted by molar-refractivity contribution is -0.121. The molecule has 2 aromatic carbocycles. The first-order valence-electron chi connectivity index (χ1n) is 8.56. The predicted octanol–water partition coefficient (Wildman–Crippen LogP) is 4.04. The van der Waals surface area contributed by atoms with Crippen LogP contribution in [0.25, 0.3) is 0 Å². The first-order chi connectivity index (χ1) is 12.6. The van der Waals surface area contributed by atoms with Crippen LogP contribution in [0.1, 0.15) is 23.2 Å². The van der Waals surface area contributed by atoms with Crippen LogP contribution in [0, 0.1) is 11.7 Å². The Bertz CT molecular complexity index is 795. The molecular weight excluding hydrogens is 351 g/mol. The largest absolute Gasteiger partial charge is 0.338 e. The molecule has 1 N–H and O–H groups in total. The zero-order chi connectivity index (χ0) is 18.5. The van der Waals surface area contributed by atoms with Crippen molar-refractivity contribution in [3.05, 3.63) is 59.9 Å². The van der Waals surface area contributed by atoms with Crippen LogP contribution in [0.2, 0.25) is 0 Å². The van der Waals surface area contributed by atoms with Crippen molar-refractivity contribution in [2.45, 2.75) is 17.7 Å². The highest BCUT2D eigenvalue weighted by Crippen LogP contribution is 2.23. The van der Waals surface area contributed by atoms with Crippen molar-refractivity contribution in [1.82, 2.24) is 4.90 Å². The zero-order valence-corrected chi connectivity index (χ0v) is 15.4. The summed E-state index contributed by atoms with van der Waals surface area (Å²) in [6, 6.07) is 13.2. The first kappa shape index (κ1) is 18.5. The first-order valence-corrected chi connectivity index (χ1v) is 9.79. The molecule has 3 rings (SSSR count). The van der Waals surface area contributed by atoms with Crippen LogP contribution in [0.4, 0.5) is 10.1 Å². The second kappa shape index (κ2) is 8.36. The summed E-state index contributed by atoms with van der Waals surface area (Å²) in [6.45, 7) is 0.992. The number of hydrogen-bond acceptors (Lipinski definition) is 3. The highest BCUT2D eigenvalue weighted by Gasteiger charge is 2.29. The molecule has 136 valence electrons. The number of amides is 2. The molecule has 26 heavy (non-hydrogen) atoms. The number of thioether (sulfide) groups is 1. The van der Waals surface area contributed by atoms with E-state index in [9.17, 15) is 14.0 Å². The lowest BCUT2D eigenvalue weighted by Crippen LogP contribution is -2.43. The maximum Gasteiger partial charge on any atom is 0.253 e. The van der Waals surface area contributed by atoms with Crippen LogP contribution in [0.5, 0.6) is 0 Å². The molecule has 0 aromatic heterocycles. The van der Waals surface area contributed by atoms with Gasteiger partial charge >= 0.3 is 0 Å². The summed E-state index contributed by atoms with van der Waals surface area (Å²) in [5, 5.41) is 2.95.